The lowest BCUT2D eigenvalue weighted by Gasteiger charge is -2.28. The molecule has 4 rings (SSSR count). The molecule has 0 aliphatic carbocycles. The molecule has 1 amide bonds. The Kier molecular flexibility index (Phi) is 5.57. The van der Waals surface area contributed by atoms with E-state index in [0.29, 0.717) is 16.7 Å². The highest BCUT2D eigenvalue weighted by molar-refractivity contribution is 7.13. The molecule has 2 aromatic rings. The summed E-state index contributed by atoms with van der Waals surface area (Å²) in [5, 5.41) is 11.0. The van der Waals surface area contributed by atoms with Crippen molar-refractivity contribution in [3.05, 3.63) is 40.9 Å². The number of benzene rings is 1. The normalized spacial score (nSPS) is 21.3. The first-order valence-corrected chi connectivity index (χ1v) is 10.3. The van der Waals surface area contributed by atoms with E-state index in [4.69, 9.17) is 0 Å². The van der Waals surface area contributed by atoms with E-state index in [2.05, 4.69) is 31.4 Å². The third kappa shape index (κ3) is 4.28. The smallest absolute Gasteiger partial charge is 0.257 e. The number of amides is 1. The third-order valence-electron chi connectivity index (χ3n) is 5.32. The lowest BCUT2D eigenvalue weighted by atomic mass is 10.1. The van der Waals surface area contributed by atoms with Crippen LogP contribution in [0.1, 0.15) is 41.6 Å². The zero-order chi connectivity index (χ0) is 17.8. The van der Waals surface area contributed by atoms with Gasteiger partial charge in [0.1, 0.15) is 5.51 Å². The van der Waals surface area contributed by atoms with Crippen LogP contribution in [0.2, 0.25) is 0 Å². The van der Waals surface area contributed by atoms with E-state index in [1.807, 2.05) is 18.2 Å². The van der Waals surface area contributed by atoms with Gasteiger partial charge in [-0.05, 0) is 63.0 Å². The Morgan fingerprint density at radius 1 is 1.23 bits per heavy atom. The van der Waals surface area contributed by atoms with Crippen LogP contribution in [0.15, 0.2) is 29.8 Å². The molecule has 0 bridgehead atoms. The molecule has 0 radical (unpaired) electrons. The molecule has 7 heteroatoms. The number of carbonyl (C=O) groups excluding carboxylic acids is 1. The number of anilines is 1. The Morgan fingerprint density at radius 3 is 2.92 bits per heavy atom. The zero-order valence-corrected chi connectivity index (χ0v) is 15.7. The average Bonchev–Trinajstić information content (AvgIpc) is 3.40. The van der Waals surface area contributed by atoms with Crippen LogP contribution in [-0.2, 0) is 6.54 Å². The number of likely N-dealkylation sites (tertiary alicyclic amines) is 2. The Hall–Kier alpha value is -1.83. The van der Waals surface area contributed by atoms with Gasteiger partial charge in [-0.15, -0.1) is 10.2 Å². The molecular formula is C19H25N5OS. The second-order valence-corrected chi connectivity index (χ2v) is 8.01. The topological polar surface area (TPSA) is 61.4 Å². The van der Waals surface area contributed by atoms with Crippen molar-refractivity contribution >= 4 is 22.4 Å². The molecule has 138 valence electrons. The van der Waals surface area contributed by atoms with Crippen LogP contribution in [0.5, 0.6) is 0 Å². The Labute approximate surface area is 158 Å². The molecular weight excluding hydrogens is 346 g/mol. The van der Waals surface area contributed by atoms with Crippen molar-refractivity contribution in [2.75, 3.05) is 31.5 Å². The number of nitrogens with one attached hydrogen (secondary N) is 1. The highest BCUT2D eigenvalue weighted by atomic mass is 32.1. The fourth-order valence-electron chi connectivity index (χ4n) is 4.02. The van der Waals surface area contributed by atoms with Crippen molar-refractivity contribution in [3.63, 3.8) is 0 Å². The van der Waals surface area contributed by atoms with Gasteiger partial charge in [0.2, 0.25) is 5.13 Å². The Balaban J connectivity index is 1.38. The van der Waals surface area contributed by atoms with Crippen molar-refractivity contribution in [1.29, 1.82) is 0 Å². The van der Waals surface area contributed by atoms with E-state index in [0.717, 1.165) is 13.1 Å². The average molecular weight is 372 g/mol. The van der Waals surface area contributed by atoms with E-state index in [1.165, 1.54) is 62.2 Å². The molecule has 26 heavy (non-hydrogen) atoms. The zero-order valence-electron chi connectivity index (χ0n) is 14.9. The summed E-state index contributed by atoms with van der Waals surface area (Å²) < 4.78 is 0. The van der Waals surface area contributed by atoms with Gasteiger partial charge in [0.05, 0.1) is 0 Å². The van der Waals surface area contributed by atoms with Gasteiger partial charge in [-0.25, -0.2) is 0 Å². The lowest BCUT2D eigenvalue weighted by Crippen LogP contribution is -2.38. The summed E-state index contributed by atoms with van der Waals surface area (Å²) >= 11 is 1.32. The fraction of sp³-hybridized carbons (Fsp3) is 0.526. The highest BCUT2D eigenvalue weighted by Gasteiger charge is 2.27. The minimum Gasteiger partial charge on any atom is -0.302 e. The first-order valence-electron chi connectivity index (χ1n) is 9.41. The minimum absolute atomic E-state index is 0.126. The minimum atomic E-state index is -0.126. The van der Waals surface area contributed by atoms with Crippen molar-refractivity contribution in [2.45, 2.75) is 38.3 Å². The quantitative estimate of drug-likeness (QED) is 0.846. The number of hydrogen-bond acceptors (Lipinski definition) is 6. The van der Waals surface area contributed by atoms with Gasteiger partial charge in [-0.2, -0.15) is 0 Å². The van der Waals surface area contributed by atoms with Gasteiger partial charge in [0.25, 0.3) is 5.91 Å². The number of rotatable bonds is 6. The summed E-state index contributed by atoms with van der Waals surface area (Å²) in [7, 11) is 0. The Morgan fingerprint density at radius 2 is 2.12 bits per heavy atom. The molecule has 2 aliphatic heterocycles. The molecule has 2 aliphatic rings. The van der Waals surface area contributed by atoms with Crippen LogP contribution in [0.4, 0.5) is 5.13 Å². The Bertz CT molecular complexity index is 729. The second-order valence-electron chi connectivity index (χ2n) is 7.17. The van der Waals surface area contributed by atoms with Crippen LogP contribution in [0, 0.1) is 0 Å². The monoisotopic (exact) mass is 371 g/mol. The summed E-state index contributed by atoms with van der Waals surface area (Å²) in [4.78, 5) is 17.6. The first kappa shape index (κ1) is 17.6. The maximum absolute atomic E-state index is 12.4. The van der Waals surface area contributed by atoms with E-state index in [9.17, 15) is 4.79 Å². The molecule has 2 saturated heterocycles. The van der Waals surface area contributed by atoms with Gasteiger partial charge >= 0.3 is 0 Å². The predicted molar refractivity (Wildman–Crippen MR) is 103 cm³/mol. The maximum Gasteiger partial charge on any atom is 0.257 e. The van der Waals surface area contributed by atoms with Crippen molar-refractivity contribution < 1.29 is 4.79 Å². The summed E-state index contributed by atoms with van der Waals surface area (Å²) in [6.45, 7) is 5.77. The predicted octanol–water partition coefficient (Wildman–Crippen LogP) is 2.85. The largest absolute Gasteiger partial charge is 0.302 e. The molecule has 1 aromatic heterocycles. The van der Waals surface area contributed by atoms with E-state index >= 15 is 0 Å². The van der Waals surface area contributed by atoms with Crippen LogP contribution in [0.3, 0.4) is 0 Å². The van der Waals surface area contributed by atoms with Crippen molar-refractivity contribution in [2.24, 2.45) is 0 Å². The van der Waals surface area contributed by atoms with Crippen LogP contribution in [-0.4, -0.2) is 58.1 Å². The van der Waals surface area contributed by atoms with E-state index < -0.39 is 0 Å². The molecule has 1 N–H and O–H groups in total. The first-order chi connectivity index (χ1) is 12.8. The van der Waals surface area contributed by atoms with Gasteiger partial charge in [-0.3, -0.25) is 15.0 Å². The third-order valence-corrected chi connectivity index (χ3v) is 5.93. The van der Waals surface area contributed by atoms with Gasteiger partial charge in [0.15, 0.2) is 0 Å². The van der Waals surface area contributed by atoms with Gasteiger partial charge < -0.3 is 4.90 Å². The van der Waals surface area contributed by atoms with Crippen molar-refractivity contribution in [1.82, 2.24) is 20.0 Å². The number of nitrogens with zero attached hydrogens (tertiary/aromatic N) is 4. The van der Waals surface area contributed by atoms with Crippen molar-refractivity contribution in [3.8, 4) is 0 Å². The van der Waals surface area contributed by atoms with E-state index in [-0.39, 0.29) is 5.91 Å². The molecule has 0 saturated carbocycles. The van der Waals surface area contributed by atoms with Crippen LogP contribution >= 0.6 is 11.3 Å². The van der Waals surface area contributed by atoms with Crippen LogP contribution < -0.4 is 5.32 Å². The lowest BCUT2D eigenvalue weighted by molar-refractivity contribution is 0.102. The molecule has 0 unspecified atom stereocenters. The SMILES string of the molecule is O=C(Nc1nncs1)c1cccc(CN2CCC[C@H]2CN2CCCC2)c1. The molecule has 3 heterocycles. The second kappa shape index (κ2) is 8.24. The van der Waals surface area contributed by atoms with Gasteiger partial charge in [-0.1, -0.05) is 23.5 Å². The number of aromatic nitrogens is 2. The molecule has 1 atom stereocenters. The highest BCUT2D eigenvalue weighted by Crippen LogP contribution is 2.23. The summed E-state index contributed by atoms with van der Waals surface area (Å²) in [6, 6.07) is 8.59. The number of hydrogen-bond donors (Lipinski definition) is 1. The molecule has 0 spiro atoms. The molecule has 6 nitrogen and oxygen atoms in total. The van der Waals surface area contributed by atoms with Crippen LogP contribution in [0.25, 0.3) is 0 Å². The number of carbonyl (C=O) groups is 1. The summed E-state index contributed by atoms with van der Waals surface area (Å²) in [6.07, 6.45) is 5.25. The maximum atomic E-state index is 12.4. The summed E-state index contributed by atoms with van der Waals surface area (Å²) in [5.74, 6) is -0.126. The fourth-order valence-corrected chi connectivity index (χ4v) is 4.46. The molecule has 1 aromatic carbocycles. The van der Waals surface area contributed by atoms with Gasteiger partial charge in [0, 0.05) is 24.7 Å². The standard InChI is InChI=1S/C19H25N5OS/c25-18(21-19-22-20-14-26-19)16-6-3-5-15(11-16)12-24-10-4-7-17(24)13-23-8-1-2-9-23/h3,5-6,11,14,17H,1-2,4,7-10,12-13H2,(H,21,22,25)/t17-/m0/s1. The molecule has 2 fully saturated rings. The summed E-state index contributed by atoms with van der Waals surface area (Å²) in [5.41, 5.74) is 3.48. The van der Waals surface area contributed by atoms with E-state index in [1.54, 1.807) is 5.51 Å².